The van der Waals surface area contributed by atoms with Gasteiger partial charge in [0.15, 0.2) is 0 Å². The van der Waals surface area contributed by atoms with E-state index in [4.69, 9.17) is 5.11 Å². The maximum atomic E-state index is 10.7. The summed E-state index contributed by atoms with van der Waals surface area (Å²) >= 11 is 0. The predicted octanol–water partition coefficient (Wildman–Crippen LogP) is 1.80. The van der Waals surface area contributed by atoms with Crippen LogP contribution in [0.3, 0.4) is 0 Å². The number of carboxylic acids is 1. The van der Waals surface area contributed by atoms with Crippen LogP contribution in [0, 0.1) is 0 Å². The van der Waals surface area contributed by atoms with Crippen LogP contribution in [0.5, 0.6) is 0 Å². The topological polar surface area (TPSA) is 43.8 Å². The summed E-state index contributed by atoms with van der Waals surface area (Å²) in [5.74, 6) is -0.672. The second-order valence-corrected chi connectivity index (χ2v) is 5.99. The van der Waals surface area contributed by atoms with Gasteiger partial charge in [0.05, 0.1) is 0 Å². The molecule has 4 heteroatoms. The van der Waals surface area contributed by atoms with Crippen LogP contribution in [0.4, 0.5) is 0 Å². The van der Waals surface area contributed by atoms with Gasteiger partial charge in [-0.2, -0.15) is 0 Å². The lowest BCUT2D eigenvalue weighted by Gasteiger charge is -2.46. The summed E-state index contributed by atoms with van der Waals surface area (Å²) in [4.78, 5) is 15.7. The van der Waals surface area contributed by atoms with Gasteiger partial charge in [0.25, 0.3) is 0 Å². The first-order chi connectivity index (χ1) is 8.58. The molecule has 2 rings (SSSR count). The molecule has 2 atom stereocenters. The van der Waals surface area contributed by atoms with Gasteiger partial charge in [0.1, 0.15) is 0 Å². The van der Waals surface area contributed by atoms with Gasteiger partial charge in [-0.1, -0.05) is 12.8 Å². The molecular formula is C14H26N2O2. The van der Waals surface area contributed by atoms with Crippen molar-refractivity contribution in [2.45, 2.75) is 63.6 Å². The maximum Gasteiger partial charge on any atom is 0.303 e. The minimum absolute atomic E-state index is 0.292. The maximum absolute atomic E-state index is 10.7. The second kappa shape index (κ2) is 6.02. The quantitative estimate of drug-likeness (QED) is 0.831. The van der Waals surface area contributed by atoms with Gasteiger partial charge in [-0.3, -0.25) is 14.6 Å². The van der Waals surface area contributed by atoms with E-state index in [1.807, 2.05) is 0 Å². The van der Waals surface area contributed by atoms with Crippen molar-refractivity contribution in [3.8, 4) is 0 Å². The monoisotopic (exact) mass is 254 g/mol. The van der Waals surface area contributed by atoms with Gasteiger partial charge >= 0.3 is 5.97 Å². The Hall–Kier alpha value is -0.610. The van der Waals surface area contributed by atoms with Crippen LogP contribution in [0.2, 0.25) is 0 Å². The number of aliphatic carboxylic acids is 1. The Labute approximate surface area is 110 Å². The summed E-state index contributed by atoms with van der Waals surface area (Å²) in [6, 6.07) is 1.71. The first-order valence-corrected chi connectivity index (χ1v) is 7.25. The van der Waals surface area contributed by atoms with Gasteiger partial charge in [-0.05, 0) is 33.2 Å². The second-order valence-electron chi connectivity index (χ2n) is 5.99. The van der Waals surface area contributed by atoms with E-state index in [0.717, 1.165) is 25.6 Å². The van der Waals surface area contributed by atoms with Crippen LogP contribution >= 0.6 is 0 Å². The van der Waals surface area contributed by atoms with Crippen LogP contribution in [0.25, 0.3) is 0 Å². The van der Waals surface area contributed by atoms with Gasteiger partial charge in [0.2, 0.25) is 0 Å². The normalized spacial score (nSPS) is 31.9. The molecule has 0 spiro atoms. The predicted molar refractivity (Wildman–Crippen MR) is 71.7 cm³/mol. The lowest BCUT2D eigenvalue weighted by Crippen LogP contribution is -2.58. The third-order valence-corrected chi connectivity index (χ3v) is 4.75. The Kier molecular flexibility index (Phi) is 4.62. The number of carbonyl (C=O) groups is 1. The molecular weight excluding hydrogens is 228 g/mol. The van der Waals surface area contributed by atoms with E-state index in [1.165, 1.54) is 25.7 Å². The van der Waals surface area contributed by atoms with Gasteiger partial charge in [0, 0.05) is 37.6 Å². The van der Waals surface area contributed by atoms with Crippen molar-refractivity contribution in [1.29, 1.82) is 0 Å². The lowest BCUT2D eigenvalue weighted by atomic mass is 10.0. The molecule has 0 aromatic heterocycles. The molecule has 4 nitrogen and oxygen atoms in total. The van der Waals surface area contributed by atoms with E-state index in [0.29, 0.717) is 18.5 Å². The molecule has 0 radical (unpaired) electrons. The van der Waals surface area contributed by atoms with Gasteiger partial charge in [-0.15, -0.1) is 0 Å². The van der Waals surface area contributed by atoms with Crippen LogP contribution in [0.15, 0.2) is 0 Å². The highest BCUT2D eigenvalue weighted by Crippen LogP contribution is 2.27. The number of hydrogen-bond acceptors (Lipinski definition) is 3. The van der Waals surface area contributed by atoms with Crippen molar-refractivity contribution < 1.29 is 9.90 Å². The molecule has 0 bridgehead atoms. The largest absolute Gasteiger partial charge is 0.481 e. The Balaban J connectivity index is 1.92. The fourth-order valence-electron chi connectivity index (χ4n) is 3.45. The standard InChI is InChI=1S/C14H26N2O2/c1-11-9-16(12-5-3-4-6-12)10-13(15(11)2)7-8-14(17)18/h11-13H,3-10H2,1-2H3,(H,17,18). The Morgan fingerprint density at radius 3 is 2.56 bits per heavy atom. The summed E-state index contributed by atoms with van der Waals surface area (Å²) in [5.41, 5.74) is 0. The van der Waals surface area contributed by atoms with Gasteiger partial charge in [-0.25, -0.2) is 0 Å². The number of hydrogen-bond donors (Lipinski definition) is 1. The summed E-state index contributed by atoms with van der Waals surface area (Å²) < 4.78 is 0. The average molecular weight is 254 g/mol. The molecule has 0 aromatic carbocycles. The fourth-order valence-corrected chi connectivity index (χ4v) is 3.45. The Morgan fingerprint density at radius 1 is 1.28 bits per heavy atom. The van der Waals surface area contributed by atoms with Crippen LogP contribution in [-0.2, 0) is 4.79 Å². The van der Waals surface area contributed by atoms with E-state index >= 15 is 0 Å². The fraction of sp³-hybridized carbons (Fsp3) is 0.929. The van der Waals surface area contributed by atoms with Crippen molar-refractivity contribution in [1.82, 2.24) is 9.80 Å². The molecule has 1 saturated heterocycles. The first-order valence-electron chi connectivity index (χ1n) is 7.25. The third kappa shape index (κ3) is 3.23. The van der Waals surface area contributed by atoms with E-state index in [9.17, 15) is 4.79 Å². The summed E-state index contributed by atoms with van der Waals surface area (Å²) in [7, 11) is 2.14. The van der Waals surface area contributed by atoms with E-state index in [-0.39, 0.29) is 0 Å². The lowest BCUT2D eigenvalue weighted by molar-refractivity contribution is -0.137. The molecule has 104 valence electrons. The molecule has 2 unspecified atom stereocenters. The molecule has 1 saturated carbocycles. The highest BCUT2D eigenvalue weighted by Gasteiger charge is 2.33. The van der Waals surface area contributed by atoms with Crippen LogP contribution in [0.1, 0.15) is 45.4 Å². The molecule has 1 aliphatic heterocycles. The average Bonchev–Trinajstić information content (AvgIpc) is 2.84. The number of piperazine rings is 1. The van der Waals surface area contributed by atoms with Crippen molar-refractivity contribution in [2.24, 2.45) is 0 Å². The van der Waals surface area contributed by atoms with E-state index in [2.05, 4.69) is 23.8 Å². The van der Waals surface area contributed by atoms with E-state index < -0.39 is 5.97 Å². The number of rotatable bonds is 4. The van der Waals surface area contributed by atoms with Crippen molar-refractivity contribution in [3.05, 3.63) is 0 Å². The molecule has 2 fully saturated rings. The molecule has 1 aliphatic carbocycles. The van der Waals surface area contributed by atoms with Crippen molar-refractivity contribution in [3.63, 3.8) is 0 Å². The molecule has 1 N–H and O–H groups in total. The Bertz CT molecular complexity index is 290. The van der Waals surface area contributed by atoms with Gasteiger partial charge < -0.3 is 5.11 Å². The molecule has 0 aromatic rings. The van der Waals surface area contributed by atoms with Crippen molar-refractivity contribution in [2.75, 3.05) is 20.1 Å². The number of likely N-dealkylation sites (N-methyl/N-ethyl adjacent to an activating group) is 1. The minimum atomic E-state index is -0.672. The zero-order valence-electron chi connectivity index (χ0n) is 11.6. The summed E-state index contributed by atoms with van der Waals surface area (Å²) in [6.45, 7) is 4.46. The SMILES string of the molecule is CC1CN(C2CCCC2)CC(CCC(=O)O)N1C. The molecule has 18 heavy (non-hydrogen) atoms. The molecule has 0 amide bonds. The summed E-state index contributed by atoms with van der Waals surface area (Å²) in [6.07, 6.45) is 6.47. The molecule has 2 aliphatic rings. The van der Waals surface area contributed by atoms with Crippen LogP contribution < -0.4 is 0 Å². The highest BCUT2D eigenvalue weighted by atomic mass is 16.4. The van der Waals surface area contributed by atoms with Crippen molar-refractivity contribution >= 4 is 5.97 Å². The Morgan fingerprint density at radius 2 is 1.94 bits per heavy atom. The number of carboxylic acid groups (broad SMARTS) is 1. The zero-order chi connectivity index (χ0) is 13.1. The summed E-state index contributed by atoms with van der Waals surface area (Å²) in [5, 5.41) is 8.84. The number of nitrogens with zero attached hydrogens (tertiary/aromatic N) is 2. The third-order valence-electron chi connectivity index (χ3n) is 4.75. The minimum Gasteiger partial charge on any atom is -0.481 e. The highest BCUT2D eigenvalue weighted by molar-refractivity contribution is 5.66. The zero-order valence-corrected chi connectivity index (χ0v) is 11.6. The first kappa shape index (κ1) is 13.8. The molecule has 1 heterocycles. The van der Waals surface area contributed by atoms with E-state index in [1.54, 1.807) is 0 Å². The smallest absolute Gasteiger partial charge is 0.303 e. The van der Waals surface area contributed by atoms with Crippen LogP contribution in [-0.4, -0.2) is 59.1 Å².